The number of carbonyl (C=O) groups excluding carboxylic acids is 1. The van der Waals surface area contributed by atoms with Crippen molar-refractivity contribution in [2.24, 2.45) is 5.92 Å². The Morgan fingerprint density at radius 3 is 2.52 bits per heavy atom. The molecule has 0 unspecified atom stereocenters. The third-order valence-electron chi connectivity index (χ3n) is 3.28. The Balaban J connectivity index is 1.83. The predicted octanol–water partition coefficient (Wildman–Crippen LogP) is 3.52. The van der Waals surface area contributed by atoms with Crippen molar-refractivity contribution < 1.29 is 4.79 Å². The molecule has 1 aromatic heterocycles. The lowest BCUT2D eigenvalue weighted by atomic mass is 10.1. The lowest BCUT2D eigenvalue weighted by Crippen LogP contribution is -2.24. The topological polar surface area (TPSA) is 66.9 Å². The van der Waals surface area contributed by atoms with Crippen LogP contribution in [0.15, 0.2) is 36.7 Å². The minimum absolute atomic E-state index is 0.249. The summed E-state index contributed by atoms with van der Waals surface area (Å²) < 4.78 is 0. The predicted molar refractivity (Wildman–Crippen MR) is 92.6 cm³/mol. The van der Waals surface area contributed by atoms with Crippen LogP contribution in [-0.2, 0) is 6.54 Å². The largest absolute Gasteiger partial charge is 0.369 e. The lowest BCUT2D eigenvalue weighted by Gasteiger charge is -2.08. The normalized spacial score (nSPS) is 10.6. The van der Waals surface area contributed by atoms with Gasteiger partial charge in [0.2, 0.25) is 0 Å². The number of halogens is 1. The van der Waals surface area contributed by atoms with Gasteiger partial charge >= 0.3 is 0 Å². The molecular formula is C17H21ClN4O. The number of benzene rings is 1. The van der Waals surface area contributed by atoms with Crippen molar-refractivity contribution in [3.05, 3.63) is 52.9 Å². The molecule has 0 saturated heterocycles. The molecule has 2 N–H and O–H groups in total. The average molecular weight is 333 g/mol. The van der Waals surface area contributed by atoms with Crippen LogP contribution in [0.1, 0.15) is 36.3 Å². The molecule has 1 amide bonds. The van der Waals surface area contributed by atoms with E-state index in [-0.39, 0.29) is 5.91 Å². The summed E-state index contributed by atoms with van der Waals surface area (Å²) in [5, 5.41) is 6.67. The first-order chi connectivity index (χ1) is 11.0. The quantitative estimate of drug-likeness (QED) is 0.814. The summed E-state index contributed by atoms with van der Waals surface area (Å²) in [7, 11) is 0. The van der Waals surface area contributed by atoms with Crippen LogP contribution in [-0.4, -0.2) is 22.4 Å². The molecule has 5 nitrogen and oxygen atoms in total. The Labute approximate surface area is 141 Å². The molecule has 0 aliphatic carbocycles. The van der Waals surface area contributed by atoms with E-state index in [2.05, 4.69) is 34.4 Å². The summed E-state index contributed by atoms with van der Waals surface area (Å²) in [6.45, 7) is 5.60. The maximum absolute atomic E-state index is 12.0. The molecule has 23 heavy (non-hydrogen) atoms. The van der Waals surface area contributed by atoms with Crippen molar-refractivity contribution in [1.29, 1.82) is 0 Å². The Morgan fingerprint density at radius 2 is 1.91 bits per heavy atom. The molecule has 122 valence electrons. The summed E-state index contributed by atoms with van der Waals surface area (Å²) in [6.07, 6.45) is 4.12. The third-order valence-corrected chi connectivity index (χ3v) is 3.53. The first-order valence-corrected chi connectivity index (χ1v) is 8.01. The highest BCUT2D eigenvalue weighted by Crippen LogP contribution is 2.09. The molecule has 0 spiro atoms. The van der Waals surface area contributed by atoms with Crippen LogP contribution in [0.5, 0.6) is 0 Å². The number of hydrogen-bond acceptors (Lipinski definition) is 4. The molecule has 0 fully saturated rings. The van der Waals surface area contributed by atoms with Gasteiger partial charge in [0.05, 0.1) is 12.4 Å². The van der Waals surface area contributed by atoms with E-state index in [1.54, 1.807) is 18.3 Å². The number of rotatable bonds is 7. The van der Waals surface area contributed by atoms with Crippen molar-refractivity contribution in [3.63, 3.8) is 0 Å². The number of aromatic nitrogens is 2. The van der Waals surface area contributed by atoms with Gasteiger partial charge in [0, 0.05) is 18.1 Å². The Kier molecular flexibility index (Phi) is 6.35. The molecule has 0 aliphatic heterocycles. The Morgan fingerprint density at radius 1 is 1.17 bits per heavy atom. The molecular weight excluding hydrogens is 312 g/mol. The highest BCUT2D eigenvalue weighted by Gasteiger charge is 2.07. The zero-order valence-electron chi connectivity index (χ0n) is 13.3. The number of nitrogens with zero attached hydrogens (tertiary/aromatic N) is 2. The molecule has 2 aromatic rings. The highest BCUT2D eigenvalue weighted by molar-refractivity contribution is 6.30. The molecule has 0 radical (unpaired) electrons. The van der Waals surface area contributed by atoms with Gasteiger partial charge in [0.25, 0.3) is 5.91 Å². The van der Waals surface area contributed by atoms with Gasteiger partial charge in [-0.1, -0.05) is 37.6 Å². The van der Waals surface area contributed by atoms with E-state index in [4.69, 9.17) is 11.6 Å². The molecule has 0 bridgehead atoms. The van der Waals surface area contributed by atoms with Gasteiger partial charge in [0.15, 0.2) is 0 Å². The van der Waals surface area contributed by atoms with Gasteiger partial charge < -0.3 is 10.6 Å². The number of hydrogen-bond donors (Lipinski definition) is 2. The van der Waals surface area contributed by atoms with E-state index in [1.807, 2.05) is 12.1 Å². The smallest absolute Gasteiger partial charge is 0.271 e. The van der Waals surface area contributed by atoms with Crippen molar-refractivity contribution in [2.45, 2.75) is 26.8 Å². The van der Waals surface area contributed by atoms with E-state index < -0.39 is 0 Å². The molecule has 0 saturated carbocycles. The maximum atomic E-state index is 12.0. The van der Waals surface area contributed by atoms with Crippen LogP contribution in [0, 0.1) is 5.92 Å². The van der Waals surface area contributed by atoms with E-state index in [1.165, 1.54) is 6.20 Å². The van der Waals surface area contributed by atoms with Crippen LogP contribution < -0.4 is 10.6 Å². The second-order valence-corrected chi connectivity index (χ2v) is 6.14. The summed E-state index contributed by atoms with van der Waals surface area (Å²) in [4.78, 5) is 20.4. The minimum atomic E-state index is -0.249. The molecule has 1 heterocycles. The van der Waals surface area contributed by atoms with Gasteiger partial charge in [-0.25, -0.2) is 9.97 Å². The fraction of sp³-hybridized carbons (Fsp3) is 0.353. The van der Waals surface area contributed by atoms with Crippen LogP contribution in [0.2, 0.25) is 5.02 Å². The van der Waals surface area contributed by atoms with Crippen LogP contribution >= 0.6 is 11.6 Å². The Bertz CT molecular complexity index is 626. The summed E-state index contributed by atoms with van der Waals surface area (Å²) >= 11 is 5.83. The van der Waals surface area contributed by atoms with Gasteiger partial charge in [-0.15, -0.1) is 0 Å². The second kappa shape index (κ2) is 8.48. The van der Waals surface area contributed by atoms with Crippen molar-refractivity contribution >= 4 is 23.3 Å². The minimum Gasteiger partial charge on any atom is -0.369 e. The van der Waals surface area contributed by atoms with Crippen molar-refractivity contribution in [3.8, 4) is 0 Å². The summed E-state index contributed by atoms with van der Waals surface area (Å²) in [5.74, 6) is 1.06. The number of carbonyl (C=O) groups is 1. The molecule has 1 aromatic carbocycles. The maximum Gasteiger partial charge on any atom is 0.271 e. The lowest BCUT2D eigenvalue weighted by molar-refractivity contribution is 0.0945. The van der Waals surface area contributed by atoms with Crippen molar-refractivity contribution in [1.82, 2.24) is 15.3 Å². The van der Waals surface area contributed by atoms with Crippen LogP contribution in [0.3, 0.4) is 0 Å². The second-order valence-electron chi connectivity index (χ2n) is 5.71. The number of anilines is 1. The molecule has 0 aliphatic rings. The fourth-order valence-corrected chi connectivity index (χ4v) is 2.03. The van der Waals surface area contributed by atoms with Crippen LogP contribution in [0.25, 0.3) is 0 Å². The summed E-state index contributed by atoms with van der Waals surface area (Å²) in [6, 6.07) is 7.33. The van der Waals surface area contributed by atoms with Crippen molar-refractivity contribution in [2.75, 3.05) is 11.9 Å². The first kappa shape index (κ1) is 17.2. The van der Waals surface area contributed by atoms with E-state index in [9.17, 15) is 4.79 Å². The van der Waals surface area contributed by atoms with Gasteiger partial charge in [-0.2, -0.15) is 0 Å². The molecule has 0 atom stereocenters. The van der Waals surface area contributed by atoms with E-state index in [0.29, 0.717) is 29.0 Å². The molecule has 6 heteroatoms. The standard InChI is InChI=1S/C17H21ClN4O/c1-12(2)7-8-19-16-11-20-15(10-21-16)17(23)22-9-13-3-5-14(18)6-4-13/h3-6,10-12H,7-9H2,1-2H3,(H,19,21)(H,22,23). The Hall–Kier alpha value is -2.14. The zero-order valence-corrected chi connectivity index (χ0v) is 14.1. The summed E-state index contributed by atoms with van der Waals surface area (Å²) in [5.41, 5.74) is 1.27. The van der Waals surface area contributed by atoms with Crippen LogP contribution in [0.4, 0.5) is 5.82 Å². The average Bonchev–Trinajstić information content (AvgIpc) is 2.54. The zero-order chi connectivity index (χ0) is 16.7. The first-order valence-electron chi connectivity index (χ1n) is 7.63. The third kappa shape index (κ3) is 5.87. The van der Waals surface area contributed by atoms with Gasteiger partial charge in [-0.05, 0) is 30.0 Å². The van der Waals surface area contributed by atoms with Gasteiger partial charge in [-0.3, -0.25) is 4.79 Å². The SMILES string of the molecule is CC(C)CCNc1cnc(C(=O)NCc2ccc(Cl)cc2)cn1. The fourth-order valence-electron chi connectivity index (χ4n) is 1.90. The van der Waals surface area contributed by atoms with Gasteiger partial charge in [0.1, 0.15) is 11.5 Å². The monoisotopic (exact) mass is 332 g/mol. The van der Waals surface area contributed by atoms with E-state index in [0.717, 1.165) is 18.5 Å². The highest BCUT2D eigenvalue weighted by atomic mass is 35.5. The van der Waals surface area contributed by atoms with E-state index >= 15 is 0 Å². The molecule has 2 rings (SSSR count). The number of nitrogens with one attached hydrogen (secondary N) is 2. The number of amides is 1.